The molecule has 37 heavy (non-hydrogen) atoms. The summed E-state index contributed by atoms with van der Waals surface area (Å²) in [6, 6.07) is 18.3. The molecule has 0 atom stereocenters. The molecule has 0 spiro atoms. The Morgan fingerprint density at radius 1 is 0.946 bits per heavy atom. The van der Waals surface area contributed by atoms with Crippen LogP contribution in [0.5, 0.6) is 0 Å². The molecule has 5 rings (SSSR count). The maximum absolute atomic E-state index is 13.4. The lowest BCUT2D eigenvalue weighted by molar-refractivity contribution is 0.0993. The van der Waals surface area contributed by atoms with Gasteiger partial charge in [0.25, 0.3) is 18.8 Å². The number of fused-ring (bicyclic) bond motifs is 1. The summed E-state index contributed by atoms with van der Waals surface area (Å²) in [6.07, 6.45) is -4.53. The van der Waals surface area contributed by atoms with Gasteiger partial charge in [-0.2, -0.15) is 10.2 Å². The minimum atomic E-state index is -3.13. The van der Waals surface area contributed by atoms with E-state index in [1.54, 1.807) is 16.9 Å². The van der Waals surface area contributed by atoms with Crippen molar-refractivity contribution in [1.82, 2.24) is 19.6 Å². The zero-order valence-electron chi connectivity index (χ0n) is 18.9. The van der Waals surface area contributed by atoms with Gasteiger partial charge in [-0.25, -0.2) is 17.6 Å². The Kier molecular flexibility index (Phi) is 6.70. The average Bonchev–Trinajstić information content (AvgIpc) is 3.59. The fourth-order valence-electron chi connectivity index (χ4n) is 3.97. The Morgan fingerprint density at radius 3 is 2.51 bits per heavy atom. The highest BCUT2D eigenvalue weighted by Gasteiger charge is 2.28. The summed E-state index contributed by atoms with van der Waals surface area (Å²) < 4.78 is 60.6. The number of nitrogens with one attached hydrogen (secondary N) is 1. The van der Waals surface area contributed by atoms with Crippen LogP contribution in [0.1, 0.15) is 46.1 Å². The number of benzene rings is 2. The van der Waals surface area contributed by atoms with Gasteiger partial charge in [-0.1, -0.05) is 54.1 Å². The number of hydrogen-bond acceptors (Lipinski definition) is 4. The normalized spacial score (nSPS) is 11.6. The van der Waals surface area contributed by atoms with Gasteiger partial charge in [-0.3, -0.25) is 14.2 Å². The number of carbonyl (C=O) groups is 1. The number of hydrogen-bond donors (Lipinski definition) is 1. The van der Waals surface area contributed by atoms with Crippen LogP contribution in [0.25, 0.3) is 10.8 Å². The van der Waals surface area contributed by atoms with Crippen LogP contribution >= 0.6 is 11.6 Å². The maximum Gasteiger partial charge on any atom is 0.292 e. The third kappa shape index (κ3) is 5.08. The molecule has 3 heterocycles. The molecule has 190 valence electrons. The molecule has 0 saturated heterocycles. The van der Waals surface area contributed by atoms with E-state index in [4.69, 9.17) is 16.0 Å². The molecule has 2 aromatic carbocycles. The molecule has 1 N–H and O–H groups in total. The number of halogens is 5. The van der Waals surface area contributed by atoms with Crippen molar-refractivity contribution < 1.29 is 26.8 Å². The highest BCUT2D eigenvalue weighted by molar-refractivity contribution is 6.32. The van der Waals surface area contributed by atoms with Crippen molar-refractivity contribution in [2.24, 2.45) is 0 Å². The van der Waals surface area contributed by atoms with Crippen molar-refractivity contribution >= 4 is 34.1 Å². The minimum absolute atomic E-state index is 0.0496. The highest BCUT2D eigenvalue weighted by Crippen LogP contribution is 2.35. The molecule has 0 fully saturated rings. The Morgan fingerprint density at radius 2 is 1.73 bits per heavy atom. The number of furan rings is 1. The zero-order valence-corrected chi connectivity index (χ0v) is 19.7. The number of amides is 1. The molecule has 0 aliphatic rings. The molecule has 0 aliphatic heterocycles. The van der Waals surface area contributed by atoms with Crippen LogP contribution in [0.4, 0.5) is 23.4 Å². The minimum Gasteiger partial charge on any atom is -0.454 e. The van der Waals surface area contributed by atoms with Crippen molar-refractivity contribution in [2.45, 2.75) is 25.9 Å². The lowest BCUT2D eigenvalue weighted by Crippen LogP contribution is -2.12. The second-order valence-corrected chi connectivity index (χ2v) is 8.48. The molecule has 0 saturated carbocycles. The lowest BCUT2D eigenvalue weighted by Gasteiger charge is -2.07. The number of aromatic nitrogens is 4. The van der Waals surface area contributed by atoms with Crippen LogP contribution < -0.4 is 5.32 Å². The molecular formula is C25H18ClF4N5O2. The van der Waals surface area contributed by atoms with Crippen molar-refractivity contribution in [1.29, 1.82) is 0 Å². The van der Waals surface area contributed by atoms with E-state index in [0.29, 0.717) is 11.2 Å². The van der Waals surface area contributed by atoms with Gasteiger partial charge in [0.2, 0.25) is 0 Å². The van der Waals surface area contributed by atoms with E-state index in [1.807, 2.05) is 42.5 Å². The summed E-state index contributed by atoms with van der Waals surface area (Å²) in [5, 5.41) is 11.9. The second-order valence-electron chi connectivity index (χ2n) is 8.10. The number of carbonyl (C=O) groups excluding carboxylic acids is 1. The Hall–Kier alpha value is -4.12. The molecule has 12 heteroatoms. The van der Waals surface area contributed by atoms with E-state index >= 15 is 0 Å². The molecule has 7 nitrogen and oxygen atoms in total. The zero-order chi connectivity index (χ0) is 26.1. The van der Waals surface area contributed by atoms with Crippen LogP contribution in [0.2, 0.25) is 5.02 Å². The standard InChI is InChI=1S/C25H18ClF4N5O2/c26-20-21(23(27)28)33-35(22(20)24(29)30)13-16-8-9-18(37-16)25(36)31-19-10-11-34(32-19)12-15-6-3-5-14-4-1-2-7-17(14)15/h1-11,23-24H,12-13H2,(H,31,32,36). The largest absolute Gasteiger partial charge is 0.454 e. The first-order chi connectivity index (χ1) is 17.8. The average molecular weight is 532 g/mol. The van der Waals surface area contributed by atoms with Crippen LogP contribution in [-0.4, -0.2) is 25.5 Å². The first-order valence-electron chi connectivity index (χ1n) is 11.0. The summed E-state index contributed by atoms with van der Waals surface area (Å²) in [6.45, 7) is 0.0701. The fourth-order valence-corrected chi connectivity index (χ4v) is 4.27. The molecule has 1 amide bonds. The molecule has 0 radical (unpaired) electrons. The molecule has 0 bridgehead atoms. The lowest BCUT2D eigenvalue weighted by atomic mass is 10.0. The predicted octanol–water partition coefficient (Wildman–Crippen LogP) is 6.70. The maximum atomic E-state index is 13.4. The van der Waals surface area contributed by atoms with Gasteiger partial charge in [0, 0.05) is 12.3 Å². The van der Waals surface area contributed by atoms with Crippen molar-refractivity contribution in [3.05, 3.63) is 100 Å². The van der Waals surface area contributed by atoms with Crippen molar-refractivity contribution in [2.75, 3.05) is 5.32 Å². The molecular weight excluding hydrogens is 514 g/mol. The van der Waals surface area contributed by atoms with Crippen LogP contribution in [-0.2, 0) is 13.1 Å². The summed E-state index contributed by atoms with van der Waals surface area (Å²) in [5.74, 6) is -0.413. The highest BCUT2D eigenvalue weighted by atomic mass is 35.5. The second kappa shape index (κ2) is 10.1. The van der Waals surface area contributed by atoms with E-state index in [-0.39, 0.29) is 17.3 Å². The molecule has 5 aromatic rings. The third-order valence-electron chi connectivity index (χ3n) is 5.66. The molecule has 0 unspecified atom stereocenters. The van der Waals surface area contributed by atoms with E-state index in [2.05, 4.69) is 15.5 Å². The van der Waals surface area contributed by atoms with E-state index < -0.39 is 41.7 Å². The van der Waals surface area contributed by atoms with Crippen LogP contribution in [0.3, 0.4) is 0 Å². The van der Waals surface area contributed by atoms with Crippen molar-refractivity contribution in [3.8, 4) is 0 Å². The van der Waals surface area contributed by atoms with Gasteiger partial charge in [-0.05, 0) is 28.5 Å². The van der Waals surface area contributed by atoms with E-state index in [9.17, 15) is 22.4 Å². The predicted molar refractivity (Wildman–Crippen MR) is 128 cm³/mol. The molecule has 3 aromatic heterocycles. The van der Waals surface area contributed by atoms with Gasteiger partial charge in [0.05, 0.1) is 18.1 Å². The summed E-state index contributed by atoms with van der Waals surface area (Å²) in [4.78, 5) is 12.6. The van der Waals surface area contributed by atoms with Gasteiger partial charge in [-0.15, -0.1) is 0 Å². The number of alkyl halides is 4. The van der Waals surface area contributed by atoms with E-state index in [0.717, 1.165) is 16.3 Å². The number of anilines is 1. The van der Waals surface area contributed by atoms with Gasteiger partial charge in [0.15, 0.2) is 11.6 Å². The van der Waals surface area contributed by atoms with Crippen molar-refractivity contribution in [3.63, 3.8) is 0 Å². The van der Waals surface area contributed by atoms with E-state index in [1.165, 1.54) is 12.1 Å². The number of rotatable bonds is 8. The first kappa shape index (κ1) is 24.6. The SMILES string of the molecule is O=C(Nc1ccn(Cc2cccc3ccccc23)n1)c1ccc(Cn2nc(C(F)F)c(Cl)c2C(F)F)o1. The Balaban J connectivity index is 1.27. The van der Waals surface area contributed by atoms with Gasteiger partial charge in [0.1, 0.15) is 17.1 Å². The smallest absolute Gasteiger partial charge is 0.292 e. The first-order valence-corrected chi connectivity index (χ1v) is 11.4. The quantitative estimate of drug-likeness (QED) is 0.226. The Labute approximate surface area is 212 Å². The van der Waals surface area contributed by atoms with Crippen LogP contribution in [0, 0.1) is 0 Å². The summed E-state index contributed by atoms with van der Waals surface area (Å²) >= 11 is 5.67. The fraction of sp³-hybridized carbons (Fsp3) is 0.160. The monoisotopic (exact) mass is 531 g/mol. The number of nitrogens with zero attached hydrogens (tertiary/aromatic N) is 4. The third-order valence-corrected chi connectivity index (χ3v) is 6.04. The molecule has 0 aliphatic carbocycles. The topological polar surface area (TPSA) is 77.9 Å². The van der Waals surface area contributed by atoms with Gasteiger partial charge < -0.3 is 9.73 Å². The Bertz CT molecular complexity index is 1570. The summed E-state index contributed by atoms with van der Waals surface area (Å²) in [5.41, 5.74) is -0.733. The van der Waals surface area contributed by atoms with Gasteiger partial charge >= 0.3 is 0 Å². The summed E-state index contributed by atoms with van der Waals surface area (Å²) in [7, 11) is 0. The van der Waals surface area contributed by atoms with Crippen LogP contribution in [0.15, 0.2) is 71.3 Å².